The second-order valence-electron chi connectivity index (χ2n) is 6.80. The predicted octanol–water partition coefficient (Wildman–Crippen LogP) is 1.34. The van der Waals surface area contributed by atoms with Crippen LogP contribution in [0.1, 0.15) is 37.9 Å². The molecule has 19 heavy (non-hydrogen) atoms. The minimum Gasteiger partial charge on any atom is -0.367 e. The lowest BCUT2D eigenvalue weighted by atomic mass is 9.54. The van der Waals surface area contributed by atoms with Gasteiger partial charge in [-0.1, -0.05) is 0 Å². The number of nitrogens with one attached hydrogen (secondary N) is 2. The highest BCUT2D eigenvalue weighted by Crippen LogP contribution is 2.53. The summed E-state index contributed by atoms with van der Waals surface area (Å²) in [5, 5.41) is 10.5. The molecule has 0 atom stereocenters. The van der Waals surface area contributed by atoms with E-state index in [-0.39, 0.29) is 0 Å². The van der Waals surface area contributed by atoms with Crippen LogP contribution in [0.15, 0.2) is 0 Å². The zero-order valence-corrected chi connectivity index (χ0v) is 11.3. The Hall–Kier alpha value is -1.10. The zero-order chi connectivity index (χ0) is 12.8. The smallest absolute Gasteiger partial charge is 0.239 e. The SMILES string of the molecule is Nc1n[nH]c(CCNC2C3CC4CC(C3)CC2C4)n1. The average molecular weight is 261 g/mol. The highest BCUT2D eigenvalue weighted by Gasteiger charge is 2.47. The van der Waals surface area contributed by atoms with Gasteiger partial charge in [0.1, 0.15) is 5.82 Å². The molecule has 0 radical (unpaired) electrons. The molecule has 0 unspecified atom stereocenters. The number of aromatic nitrogens is 3. The molecule has 0 spiro atoms. The average Bonchev–Trinajstić information content (AvgIpc) is 2.78. The Morgan fingerprint density at radius 1 is 1.11 bits per heavy atom. The quantitative estimate of drug-likeness (QED) is 0.764. The summed E-state index contributed by atoms with van der Waals surface area (Å²) in [4.78, 5) is 4.16. The monoisotopic (exact) mass is 261 g/mol. The summed E-state index contributed by atoms with van der Waals surface area (Å²) in [5.74, 6) is 5.23. The lowest BCUT2D eigenvalue weighted by Crippen LogP contribution is -2.54. The summed E-state index contributed by atoms with van der Waals surface area (Å²) in [6, 6.07) is 0.757. The summed E-state index contributed by atoms with van der Waals surface area (Å²) in [7, 11) is 0. The third-order valence-corrected chi connectivity index (χ3v) is 5.52. The third-order valence-electron chi connectivity index (χ3n) is 5.52. The second kappa shape index (κ2) is 4.47. The molecule has 4 bridgehead atoms. The Labute approximate surface area is 113 Å². The normalized spacial score (nSPS) is 39.9. The summed E-state index contributed by atoms with van der Waals surface area (Å²) in [6.45, 7) is 0.988. The minimum atomic E-state index is 0.352. The molecule has 0 aromatic carbocycles. The minimum absolute atomic E-state index is 0.352. The van der Waals surface area contributed by atoms with E-state index < -0.39 is 0 Å². The van der Waals surface area contributed by atoms with Crippen LogP contribution in [0.3, 0.4) is 0 Å². The van der Waals surface area contributed by atoms with Gasteiger partial charge in [0.15, 0.2) is 0 Å². The molecule has 5 rings (SSSR count). The topological polar surface area (TPSA) is 79.6 Å². The van der Waals surface area contributed by atoms with Gasteiger partial charge in [0.25, 0.3) is 0 Å². The molecule has 4 aliphatic rings. The molecule has 5 heteroatoms. The van der Waals surface area contributed by atoms with Crippen LogP contribution in [0.2, 0.25) is 0 Å². The van der Waals surface area contributed by atoms with Crippen LogP contribution in [0.5, 0.6) is 0 Å². The fourth-order valence-electron chi connectivity index (χ4n) is 5.04. The van der Waals surface area contributed by atoms with Gasteiger partial charge < -0.3 is 11.1 Å². The van der Waals surface area contributed by atoms with Crippen LogP contribution in [-0.2, 0) is 6.42 Å². The van der Waals surface area contributed by atoms with Crippen LogP contribution in [0, 0.1) is 23.7 Å². The largest absolute Gasteiger partial charge is 0.367 e. The first kappa shape index (κ1) is 11.7. The molecule has 0 amide bonds. The first-order valence-electron chi connectivity index (χ1n) is 7.68. The van der Waals surface area contributed by atoms with Gasteiger partial charge in [-0.3, -0.25) is 5.10 Å². The van der Waals surface area contributed by atoms with Gasteiger partial charge in [0.2, 0.25) is 5.95 Å². The van der Waals surface area contributed by atoms with Crippen LogP contribution in [-0.4, -0.2) is 27.8 Å². The fraction of sp³-hybridized carbons (Fsp3) is 0.857. The number of hydrogen-bond donors (Lipinski definition) is 3. The number of rotatable bonds is 4. The van der Waals surface area contributed by atoms with E-state index in [1.54, 1.807) is 0 Å². The third kappa shape index (κ3) is 2.14. The van der Waals surface area contributed by atoms with Crippen molar-refractivity contribution in [3.05, 3.63) is 5.82 Å². The van der Waals surface area contributed by atoms with Gasteiger partial charge >= 0.3 is 0 Å². The van der Waals surface area contributed by atoms with Crippen molar-refractivity contribution in [1.29, 1.82) is 0 Å². The summed E-state index contributed by atoms with van der Waals surface area (Å²) < 4.78 is 0. The van der Waals surface area contributed by atoms with Crippen molar-refractivity contribution in [2.45, 2.75) is 44.6 Å². The van der Waals surface area contributed by atoms with E-state index in [0.717, 1.165) is 48.5 Å². The number of nitrogens with two attached hydrogens (primary N) is 1. The molecule has 1 aromatic heterocycles. The van der Waals surface area contributed by atoms with Crippen LogP contribution in [0.25, 0.3) is 0 Å². The summed E-state index contributed by atoms with van der Waals surface area (Å²) in [5.41, 5.74) is 5.51. The van der Waals surface area contributed by atoms with E-state index in [1.165, 1.54) is 32.1 Å². The Morgan fingerprint density at radius 2 is 1.79 bits per heavy atom. The molecule has 104 valence electrons. The van der Waals surface area contributed by atoms with Crippen LogP contribution in [0.4, 0.5) is 5.95 Å². The lowest BCUT2D eigenvalue weighted by Gasteiger charge is -2.54. The summed E-state index contributed by atoms with van der Waals surface area (Å²) >= 11 is 0. The second-order valence-corrected chi connectivity index (χ2v) is 6.80. The van der Waals surface area contributed by atoms with Crippen molar-refractivity contribution in [3.8, 4) is 0 Å². The Bertz CT molecular complexity index is 426. The molecule has 1 heterocycles. The maximum atomic E-state index is 5.51. The predicted molar refractivity (Wildman–Crippen MR) is 73.3 cm³/mol. The first-order valence-corrected chi connectivity index (χ1v) is 7.68. The van der Waals surface area contributed by atoms with E-state index in [1.807, 2.05) is 0 Å². The van der Waals surface area contributed by atoms with Gasteiger partial charge in [-0.15, -0.1) is 5.10 Å². The standard InChI is InChI=1S/C14H23N5/c15-14-17-12(18-19-14)1-2-16-13-10-4-8-3-9(6-10)7-11(13)5-8/h8-11,13,16H,1-7H2,(H3,15,17,18,19). The molecule has 5 nitrogen and oxygen atoms in total. The number of hydrogen-bond acceptors (Lipinski definition) is 4. The highest BCUT2D eigenvalue weighted by molar-refractivity contribution is 5.12. The van der Waals surface area contributed by atoms with Crippen molar-refractivity contribution in [2.24, 2.45) is 23.7 Å². The molecular formula is C14H23N5. The Morgan fingerprint density at radius 3 is 2.37 bits per heavy atom. The van der Waals surface area contributed by atoms with E-state index in [0.29, 0.717) is 5.95 Å². The lowest BCUT2D eigenvalue weighted by molar-refractivity contribution is -0.0133. The molecule has 4 N–H and O–H groups in total. The Kier molecular flexibility index (Phi) is 2.76. The zero-order valence-electron chi connectivity index (χ0n) is 11.3. The van der Waals surface area contributed by atoms with Crippen molar-refractivity contribution >= 4 is 5.95 Å². The molecule has 4 saturated carbocycles. The molecule has 4 aliphatic carbocycles. The van der Waals surface area contributed by atoms with Crippen molar-refractivity contribution in [2.75, 3.05) is 12.3 Å². The van der Waals surface area contributed by atoms with Crippen LogP contribution < -0.4 is 11.1 Å². The van der Waals surface area contributed by atoms with E-state index >= 15 is 0 Å². The number of nitrogen functional groups attached to an aromatic ring is 1. The number of anilines is 1. The summed E-state index contributed by atoms with van der Waals surface area (Å²) in [6.07, 6.45) is 8.31. The van der Waals surface area contributed by atoms with Gasteiger partial charge in [0.05, 0.1) is 0 Å². The fourth-order valence-corrected chi connectivity index (χ4v) is 5.04. The molecule has 0 aliphatic heterocycles. The van der Waals surface area contributed by atoms with E-state index in [2.05, 4.69) is 20.5 Å². The van der Waals surface area contributed by atoms with Crippen LogP contribution >= 0.6 is 0 Å². The Balaban J connectivity index is 1.33. The van der Waals surface area contributed by atoms with E-state index in [4.69, 9.17) is 5.73 Å². The maximum Gasteiger partial charge on any atom is 0.239 e. The van der Waals surface area contributed by atoms with Crippen molar-refractivity contribution < 1.29 is 0 Å². The van der Waals surface area contributed by atoms with Crippen molar-refractivity contribution in [3.63, 3.8) is 0 Å². The molecule has 4 fully saturated rings. The number of aromatic amines is 1. The number of nitrogens with zero attached hydrogens (tertiary/aromatic N) is 2. The molecule has 1 aromatic rings. The maximum absolute atomic E-state index is 5.51. The van der Waals surface area contributed by atoms with Gasteiger partial charge in [-0.05, 0) is 55.8 Å². The number of H-pyrrole nitrogens is 1. The highest BCUT2D eigenvalue weighted by atomic mass is 15.3. The molecular weight excluding hydrogens is 238 g/mol. The molecule has 0 saturated heterocycles. The van der Waals surface area contributed by atoms with Gasteiger partial charge in [-0.2, -0.15) is 4.98 Å². The van der Waals surface area contributed by atoms with E-state index in [9.17, 15) is 0 Å². The first-order chi connectivity index (χ1) is 9.28. The van der Waals surface area contributed by atoms with Gasteiger partial charge in [0, 0.05) is 19.0 Å². The van der Waals surface area contributed by atoms with Gasteiger partial charge in [-0.25, -0.2) is 0 Å². The van der Waals surface area contributed by atoms with Crippen molar-refractivity contribution in [1.82, 2.24) is 20.5 Å².